The van der Waals surface area contributed by atoms with Crippen molar-refractivity contribution in [1.29, 1.82) is 0 Å². The molecule has 0 saturated carbocycles. The van der Waals surface area contributed by atoms with E-state index in [4.69, 9.17) is 9.47 Å². The molecule has 0 aliphatic carbocycles. The van der Waals surface area contributed by atoms with Gasteiger partial charge in [-0.2, -0.15) is 4.98 Å². The summed E-state index contributed by atoms with van der Waals surface area (Å²) in [5.41, 5.74) is 3.13. The molecule has 1 atom stereocenters. The SMILES string of the molecule is C=CCSc1nnc2c(n1)OC(c1cc(Br)ccc1OC)Nc1ccc(Br)cc1-2. The maximum absolute atomic E-state index is 6.30. The monoisotopic (exact) mass is 534 g/mol. The maximum Gasteiger partial charge on any atom is 0.247 e. The average molecular weight is 536 g/mol. The van der Waals surface area contributed by atoms with Crippen LogP contribution in [0.15, 0.2) is 63.2 Å². The summed E-state index contributed by atoms with van der Waals surface area (Å²) < 4.78 is 13.7. The molecule has 1 aliphatic heterocycles. The first kappa shape index (κ1) is 20.2. The van der Waals surface area contributed by atoms with Gasteiger partial charge in [-0.25, -0.2) is 0 Å². The minimum atomic E-state index is -0.530. The minimum absolute atomic E-state index is 0.406. The van der Waals surface area contributed by atoms with Gasteiger partial charge in [-0.15, -0.1) is 16.8 Å². The summed E-state index contributed by atoms with van der Waals surface area (Å²) in [6.07, 6.45) is 1.27. The van der Waals surface area contributed by atoms with Gasteiger partial charge in [0.15, 0.2) is 5.69 Å². The highest BCUT2D eigenvalue weighted by atomic mass is 79.9. The molecule has 0 saturated heterocycles. The number of thioether (sulfide) groups is 1. The number of aromatic nitrogens is 3. The maximum atomic E-state index is 6.30. The molecular weight excluding hydrogens is 520 g/mol. The van der Waals surface area contributed by atoms with Crippen molar-refractivity contribution in [2.24, 2.45) is 0 Å². The zero-order chi connectivity index (χ0) is 20.4. The number of fused-ring (bicyclic) bond motifs is 3. The Morgan fingerprint density at radius 3 is 2.79 bits per heavy atom. The topological polar surface area (TPSA) is 69.2 Å². The summed E-state index contributed by atoms with van der Waals surface area (Å²) in [7, 11) is 1.64. The Bertz CT molecular complexity index is 1080. The highest BCUT2D eigenvalue weighted by molar-refractivity contribution is 9.10. The number of anilines is 1. The lowest BCUT2D eigenvalue weighted by molar-refractivity contribution is 0.219. The fourth-order valence-corrected chi connectivity index (χ4v) is 4.17. The number of hydrogen-bond donors (Lipinski definition) is 1. The van der Waals surface area contributed by atoms with Crippen LogP contribution in [0.2, 0.25) is 0 Å². The summed E-state index contributed by atoms with van der Waals surface area (Å²) in [6.45, 7) is 3.74. The minimum Gasteiger partial charge on any atom is -0.496 e. The van der Waals surface area contributed by atoms with Crippen LogP contribution in [0.1, 0.15) is 11.8 Å². The van der Waals surface area contributed by atoms with Crippen LogP contribution in [0, 0.1) is 0 Å². The van der Waals surface area contributed by atoms with E-state index in [2.05, 4.69) is 58.9 Å². The first-order valence-electron chi connectivity index (χ1n) is 8.64. The number of hydrogen-bond acceptors (Lipinski definition) is 7. The Balaban J connectivity index is 1.86. The summed E-state index contributed by atoms with van der Waals surface area (Å²) >= 11 is 8.51. The highest BCUT2D eigenvalue weighted by Gasteiger charge is 2.28. The van der Waals surface area contributed by atoms with E-state index in [-0.39, 0.29) is 0 Å². The Hall–Kier alpha value is -2.10. The molecule has 1 aromatic heterocycles. The van der Waals surface area contributed by atoms with E-state index in [0.717, 1.165) is 25.8 Å². The quantitative estimate of drug-likeness (QED) is 0.324. The molecular formula is C20H16Br2N4O2S. The summed E-state index contributed by atoms with van der Waals surface area (Å²) in [4.78, 5) is 4.60. The molecule has 1 unspecified atom stereocenters. The van der Waals surface area contributed by atoms with Crippen molar-refractivity contribution in [2.45, 2.75) is 11.4 Å². The van der Waals surface area contributed by atoms with Gasteiger partial charge in [-0.1, -0.05) is 49.7 Å². The van der Waals surface area contributed by atoms with Gasteiger partial charge in [-0.3, -0.25) is 0 Å². The van der Waals surface area contributed by atoms with Crippen molar-refractivity contribution < 1.29 is 9.47 Å². The third-order valence-electron chi connectivity index (χ3n) is 4.19. The van der Waals surface area contributed by atoms with Gasteiger partial charge in [0.1, 0.15) is 5.75 Å². The number of nitrogens with one attached hydrogen (secondary N) is 1. The Kier molecular flexibility index (Phi) is 6.07. The lowest BCUT2D eigenvalue weighted by atomic mass is 10.1. The van der Waals surface area contributed by atoms with Crippen molar-refractivity contribution in [1.82, 2.24) is 15.2 Å². The number of benzene rings is 2. The zero-order valence-corrected chi connectivity index (χ0v) is 19.3. The molecule has 0 amide bonds. The van der Waals surface area contributed by atoms with E-state index in [9.17, 15) is 0 Å². The van der Waals surface area contributed by atoms with Gasteiger partial charge in [0.2, 0.25) is 17.3 Å². The van der Waals surface area contributed by atoms with Crippen LogP contribution in [0.5, 0.6) is 11.6 Å². The molecule has 6 nitrogen and oxygen atoms in total. The fourth-order valence-electron chi connectivity index (χ4n) is 2.92. The van der Waals surface area contributed by atoms with Crippen LogP contribution in [0.4, 0.5) is 5.69 Å². The normalized spacial score (nSPS) is 14.7. The number of rotatable bonds is 5. The van der Waals surface area contributed by atoms with Gasteiger partial charge in [0, 0.05) is 25.9 Å². The van der Waals surface area contributed by atoms with Gasteiger partial charge in [0.05, 0.1) is 12.7 Å². The van der Waals surface area contributed by atoms with Crippen molar-refractivity contribution in [3.05, 3.63) is 63.6 Å². The first-order valence-corrected chi connectivity index (χ1v) is 11.2. The molecule has 1 aliphatic rings. The number of ether oxygens (including phenoxy) is 2. The molecule has 9 heteroatoms. The number of methoxy groups -OCH3 is 1. The first-order chi connectivity index (χ1) is 14.1. The molecule has 0 radical (unpaired) electrons. The molecule has 2 aromatic carbocycles. The lowest BCUT2D eigenvalue weighted by Gasteiger charge is -2.21. The van der Waals surface area contributed by atoms with Gasteiger partial charge >= 0.3 is 0 Å². The summed E-state index contributed by atoms with van der Waals surface area (Å²) in [5, 5.41) is 12.6. The fraction of sp³-hybridized carbons (Fsp3) is 0.150. The third kappa shape index (κ3) is 4.26. The molecule has 3 aromatic rings. The largest absolute Gasteiger partial charge is 0.496 e. The summed E-state index contributed by atoms with van der Waals surface area (Å²) in [5.74, 6) is 1.79. The van der Waals surface area contributed by atoms with E-state index in [1.54, 1.807) is 13.2 Å². The van der Waals surface area contributed by atoms with Crippen LogP contribution in [0.25, 0.3) is 11.3 Å². The second kappa shape index (κ2) is 8.73. The molecule has 29 heavy (non-hydrogen) atoms. The van der Waals surface area contributed by atoms with Gasteiger partial charge < -0.3 is 14.8 Å². The molecule has 0 bridgehead atoms. The molecule has 148 valence electrons. The van der Waals surface area contributed by atoms with Crippen LogP contribution in [-0.4, -0.2) is 28.0 Å². The predicted octanol–water partition coefficient (Wildman–Crippen LogP) is 5.85. The van der Waals surface area contributed by atoms with Crippen LogP contribution in [0.3, 0.4) is 0 Å². The molecule has 0 spiro atoms. The highest BCUT2D eigenvalue weighted by Crippen LogP contribution is 2.42. The molecule has 2 heterocycles. The summed E-state index contributed by atoms with van der Waals surface area (Å²) in [6, 6.07) is 11.7. The third-order valence-corrected chi connectivity index (χ3v) is 6.01. The van der Waals surface area contributed by atoms with E-state index >= 15 is 0 Å². The zero-order valence-electron chi connectivity index (χ0n) is 15.4. The van der Waals surface area contributed by atoms with Gasteiger partial charge in [-0.05, 0) is 36.4 Å². The molecule has 4 rings (SSSR count). The lowest BCUT2D eigenvalue weighted by Crippen LogP contribution is -2.18. The smallest absolute Gasteiger partial charge is 0.247 e. The van der Waals surface area contributed by atoms with E-state index in [0.29, 0.717) is 28.2 Å². The Morgan fingerprint density at radius 2 is 2.00 bits per heavy atom. The van der Waals surface area contributed by atoms with E-state index in [1.165, 1.54) is 11.8 Å². The van der Waals surface area contributed by atoms with Crippen molar-refractivity contribution in [3.63, 3.8) is 0 Å². The second-order valence-electron chi connectivity index (χ2n) is 6.07. The van der Waals surface area contributed by atoms with E-state index in [1.807, 2.05) is 36.4 Å². The molecule has 0 fully saturated rings. The van der Waals surface area contributed by atoms with E-state index < -0.39 is 6.23 Å². The Morgan fingerprint density at radius 1 is 1.21 bits per heavy atom. The standard InChI is InChI=1S/C20H16Br2N4O2S/c1-3-8-29-20-24-19-17(25-26-20)13-9-11(21)4-6-15(13)23-18(28-19)14-10-12(22)5-7-16(14)27-2/h3-7,9-10,18,23H,1,8H2,2H3. The van der Waals surface area contributed by atoms with Crippen LogP contribution in [-0.2, 0) is 0 Å². The predicted molar refractivity (Wildman–Crippen MR) is 122 cm³/mol. The molecule has 1 N–H and O–H groups in total. The number of halogens is 2. The Labute approximate surface area is 189 Å². The van der Waals surface area contributed by atoms with Crippen molar-refractivity contribution >= 4 is 49.3 Å². The van der Waals surface area contributed by atoms with Crippen LogP contribution < -0.4 is 14.8 Å². The van der Waals surface area contributed by atoms with Crippen LogP contribution >= 0.6 is 43.6 Å². The van der Waals surface area contributed by atoms with Gasteiger partial charge in [0.25, 0.3) is 0 Å². The van der Waals surface area contributed by atoms with Crippen molar-refractivity contribution in [2.75, 3.05) is 18.2 Å². The second-order valence-corrected chi connectivity index (χ2v) is 8.88. The number of nitrogens with zero attached hydrogens (tertiary/aromatic N) is 3. The van der Waals surface area contributed by atoms with Crippen molar-refractivity contribution in [3.8, 4) is 22.9 Å². The average Bonchev–Trinajstić information content (AvgIpc) is 2.88.